The molecule has 1 aromatic carbocycles. The van der Waals surface area contributed by atoms with Gasteiger partial charge in [0.2, 0.25) is 11.8 Å². The number of carbonyl (C=O) groups excluding carboxylic acids is 1. The van der Waals surface area contributed by atoms with Gasteiger partial charge in [-0.25, -0.2) is 4.98 Å². The van der Waals surface area contributed by atoms with Crippen LogP contribution in [0.1, 0.15) is 69.2 Å². The Morgan fingerprint density at radius 1 is 1.21 bits per heavy atom. The van der Waals surface area contributed by atoms with Gasteiger partial charge in [-0.1, -0.05) is 44.2 Å². The average Bonchev–Trinajstić information content (AvgIpc) is 2.75. The fourth-order valence-electron chi connectivity index (χ4n) is 5.04. The number of fused-ring (bicyclic) bond motifs is 1. The highest BCUT2D eigenvalue weighted by Gasteiger charge is 2.46. The summed E-state index contributed by atoms with van der Waals surface area (Å²) in [5, 5.41) is 17.6. The first-order chi connectivity index (χ1) is 15.8. The summed E-state index contributed by atoms with van der Waals surface area (Å²) in [4.78, 5) is 16.5. The molecule has 33 heavy (non-hydrogen) atoms. The molecule has 178 valence electrons. The normalized spacial score (nSPS) is 20.5. The van der Waals surface area contributed by atoms with Crippen molar-refractivity contribution in [2.45, 2.75) is 83.1 Å². The van der Waals surface area contributed by atoms with E-state index in [1.54, 1.807) is 0 Å². The summed E-state index contributed by atoms with van der Waals surface area (Å²) in [5.74, 6) is 1.14. The van der Waals surface area contributed by atoms with Crippen LogP contribution in [-0.4, -0.2) is 40.3 Å². The minimum absolute atomic E-state index is 0.0676. The van der Waals surface area contributed by atoms with Crippen LogP contribution in [0.3, 0.4) is 0 Å². The third-order valence-electron chi connectivity index (χ3n) is 6.83. The van der Waals surface area contributed by atoms with Gasteiger partial charge in [0, 0.05) is 37.7 Å². The Balaban J connectivity index is 1.48. The lowest BCUT2D eigenvalue weighted by molar-refractivity contribution is -0.120. The zero-order valence-corrected chi connectivity index (χ0v) is 20.0. The number of pyridine rings is 1. The van der Waals surface area contributed by atoms with E-state index in [1.807, 2.05) is 36.5 Å². The summed E-state index contributed by atoms with van der Waals surface area (Å²) in [6, 6.07) is 11.9. The largest absolute Gasteiger partial charge is 0.471 e. The molecule has 0 bridgehead atoms. The molecular formula is C27H37N3O3. The van der Waals surface area contributed by atoms with E-state index in [0.29, 0.717) is 18.9 Å². The molecule has 3 atom stereocenters. The maximum absolute atomic E-state index is 11.8. The fourth-order valence-corrected chi connectivity index (χ4v) is 5.04. The molecule has 1 saturated carbocycles. The van der Waals surface area contributed by atoms with Gasteiger partial charge in [-0.3, -0.25) is 4.79 Å². The number of aliphatic hydroxyl groups excluding tert-OH is 1. The third kappa shape index (κ3) is 5.92. The molecule has 0 radical (unpaired) electrons. The van der Waals surface area contributed by atoms with Crippen LogP contribution in [0.5, 0.6) is 5.88 Å². The SMILES string of the molecule is CC(=O)N[C@@H](Cc1ccccc1)[C@H](O)CN[C@H]1CC2(CCC2)Oc2ncc(CC(C)C)cc21. The number of amides is 1. The minimum atomic E-state index is -0.718. The standard InChI is InChI=1S/C27H37N3O3/c1-18(2)12-21-13-22-24(15-27(10-7-11-27)33-26(22)29-16-21)28-17-25(32)23(30-19(3)31)14-20-8-5-4-6-9-20/h4-6,8-9,13,16,18,23-25,28,32H,7,10-12,14-15,17H2,1-3H3,(H,30,31)/t23-,24-,25+/m0/s1. The lowest BCUT2D eigenvalue weighted by atomic mass is 9.73. The van der Waals surface area contributed by atoms with E-state index in [2.05, 4.69) is 35.5 Å². The summed E-state index contributed by atoms with van der Waals surface area (Å²) in [6.07, 6.45) is 6.93. The van der Waals surface area contributed by atoms with Gasteiger partial charge in [-0.05, 0) is 55.2 Å². The second-order valence-electron chi connectivity index (χ2n) is 10.2. The zero-order valence-electron chi connectivity index (χ0n) is 20.0. The number of benzene rings is 1. The maximum atomic E-state index is 11.8. The second-order valence-corrected chi connectivity index (χ2v) is 10.2. The molecule has 1 spiro atoms. The number of ether oxygens (including phenoxy) is 1. The summed E-state index contributed by atoms with van der Waals surface area (Å²) in [6.45, 7) is 6.29. The van der Waals surface area contributed by atoms with E-state index in [9.17, 15) is 9.90 Å². The number of hydrogen-bond acceptors (Lipinski definition) is 5. The molecule has 0 unspecified atom stereocenters. The number of rotatable bonds is 9. The van der Waals surface area contributed by atoms with Crippen LogP contribution in [0.25, 0.3) is 0 Å². The predicted octanol–water partition coefficient (Wildman–Crippen LogP) is 3.72. The Labute approximate surface area is 197 Å². The molecule has 1 fully saturated rings. The molecule has 2 heterocycles. The monoisotopic (exact) mass is 451 g/mol. The first-order valence-corrected chi connectivity index (χ1v) is 12.2. The Morgan fingerprint density at radius 3 is 2.61 bits per heavy atom. The molecule has 1 aliphatic heterocycles. The first-order valence-electron chi connectivity index (χ1n) is 12.2. The highest BCUT2D eigenvalue weighted by molar-refractivity contribution is 5.73. The van der Waals surface area contributed by atoms with Gasteiger partial charge >= 0.3 is 0 Å². The highest BCUT2D eigenvalue weighted by atomic mass is 16.5. The van der Waals surface area contributed by atoms with Crippen molar-refractivity contribution in [3.05, 3.63) is 59.3 Å². The Bertz CT molecular complexity index is 943. The quantitative estimate of drug-likeness (QED) is 0.541. The number of nitrogens with one attached hydrogen (secondary N) is 2. The van der Waals surface area contributed by atoms with Crippen molar-refractivity contribution in [1.82, 2.24) is 15.6 Å². The number of nitrogens with zero attached hydrogens (tertiary/aromatic N) is 1. The smallest absolute Gasteiger partial charge is 0.218 e. The minimum Gasteiger partial charge on any atom is -0.471 e. The van der Waals surface area contributed by atoms with Crippen LogP contribution >= 0.6 is 0 Å². The van der Waals surface area contributed by atoms with Gasteiger partial charge < -0.3 is 20.5 Å². The summed E-state index contributed by atoms with van der Waals surface area (Å²) in [5.41, 5.74) is 3.24. The van der Waals surface area contributed by atoms with Gasteiger partial charge in [0.1, 0.15) is 5.60 Å². The molecule has 3 N–H and O–H groups in total. The highest BCUT2D eigenvalue weighted by Crippen LogP contribution is 2.48. The van der Waals surface area contributed by atoms with E-state index < -0.39 is 6.10 Å². The van der Waals surface area contributed by atoms with Gasteiger partial charge in [0.05, 0.1) is 12.1 Å². The van der Waals surface area contributed by atoms with Gasteiger partial charge in [0.15, 0.2) is 0 Å². The Morgan fingerprint density at radius 2 is 1.97 bits per heavy atom. The second kappa shape index (κ2) is 10.2. The lowest BCUT2D eigenvalue weighted by Crippen LogP contribution is -2.52. The molecule has 2 aromatic rings. The van der Waals surface area contributed by atoms with Crippen molar-refractivity contribution in [1.29, 1.82) is 0 Å². The van der Waals surface area contributed by atoms with Crippen LogP contribution in [0, 0.1) is 5.92 Å². The van der Waals surface area contributed by atoms with E-state index in [1.165, 1.54) is 18.9 Å². The van der Waals surface area contributed by atoms with Crippen molar-refractivity contribution in [3.8, 4) is 5.88 Å². The molecule has 0 saturated heterocycles. The molecule has 6 heteroatoms. The number of aliphatic hydroxyl groups is 1. The molecule has 1 amide bonds. The number of aromatic nitrogens is 1. The van der Waals surface area contributed by atoms with Crippen molar-refractivity contribution in [2.24, 2.45) is 5.92 Å². The predicted molar refractivity (Wildman–Crippen MR) is 129 cm³/mol. The van der Waals surface area contributed by atoms with Gasteiger partial charge in [-0.2, -0.15) is 0 Å². The average molecular weight is 452 g/mol. The molecule has 2 aliphatic rings. The lowest BCUT2D eigenvalue weighted by Gasteiger charge is -2.47. The van der Waals surface area contributed by atoms with Crippen LogP contribution in [0.4, 0.5) is 0 Å². The zero-order chi connectivity index (χ0) is 23.4. The van der Waals surface area contributed by atoms with Crippen molar-refractivity contribution in [3.63, 3.8) is 0 Å². The molecule has 1 aliphatic carbocycles. The fraction of sp³-hybridized carbons (Fsp3) is 0.556. The summed E-state index contributed by atoms with van der Waals surface area (Å²) < 4.78 is 6.36. The van der Waals surface area contributed by atoms with E-state index >= 15 is 0 Å². The number of hydrogen-bond donors (Lipinski definition) is 3. The van der Waals surface area contributed by atoms with Crippen LogP contribution in [0.2, 0.25) is 0 Å². The first kappa shape index (κ1) is 23.7. The van der Waals surface area contributed by atoms with E-state index in [0.717, 1.165) is 42.7 Å². The Hall–Kier alpha value is -2.44. The van der Waals surface area contributed by atoms with Crippen LogP contribution in [-0.2, 0) is 17.6 Å². The Kier molecular flexibility index (Phi) is 7.35. The topological polar surface area (TPSA) is 83.5 Å². The maximum Gasteiger partial charge on any atom is 0.218 e. The van der Waals surface area contributed by atoms with Crippen LogP contribution in [0.15, 0.2) is 42.6 Å². The van der Waals surface area contributed by atoms with Crippen molar-refractivity contribution in [2.75, 3.05) is 6.54 Å². The van der Waals surface area contributed by atoms with Crippen LogP contribution < -0.4 is 15.4 Å². The van der Waals surface area contributed by atoms with Gasteiger partial charge in [0.25, 0.3) is 0 Å². The molecule has 1 aromatic heterocycles. The van der Waals surface area contributed by atoms with Crippen molar-refractivity contribution >= 4 is 5.91 Å². The molecule has 6 nitrogen and oxygen atoms in total. The number of carbonyl (C=O) groups is 1. The molecular weight excluding hydrogens is 414 g/mol. The van der Waals surface area contributed by atoms with Gasteiger partial charge in [-0.15, -0.1) is 0 Å². The molecule has 4 rings (SSSR count). The van der Waals surface area contributed by atoms with E-state index in [-0.39, 0.29) is 23.6 Å². The third-order valence-corrected chi connectivity index (χ3v) is 6.83. The van der Waals surface area contributed by atoms with Crippen molar-refractivity contribution < 1.29 is 14.6 Å². The summed E-state index contributed by atoms with van der Waals surface area (Å²) in [7, 11) is 0. The summed E-state index contributed by atoms with van der Waals surface area (Å²) >= 11 is 0. The van der Waals surface area contributed by atoms with E-state index in [4.69, 9.17) is 4.74 Å².